The van der Waals surface area contributed by atoms with Gasteiger partial charge in [0.15, 0.2) is 0 Å². The van der Waals surface area contributed by atoms with E-state index in [4.69, 9.17) is 4.74 Å². The van der Waals surface area contributed by atoms with Crippen LogP contribution in [-0.2, 0) is 14.8 Å². The molecule has 0 amide bonds. The van der Waals surface area contributed by atoms with Gasteiger partial charge in [0.1, 0.15) is 5.82 Å². The third-order valence-electron chi connectivity index (χ3n) is 1.90. The molecule has 0 aliphatic heterocycles. The Morgan fingerprint density at radius 3 is 2.44 bits per heavy atom. The van der Waals surface area contributed by atoms with Crippen LogP contribution in [0.5, 0.6) is 0 Å². The van der Waals surface area contributed by atoms with Crippen LogP contribution >= 0.6 is 0 Å². The largest absolute Gasteiger partial charge is 0.383 e. The number of halogens is 1. The summed E-state index contributed by atoms with van der Waals surface area (Å²) in [4.78, 5) is 0.0388. The van der Waals surface area contributed by atoms with Gasteiger partial charge in [0, 0.05) is 13.2 Å². The second-order valence-corrected chi connectivity index (χ2v) is 5.15. The molecule has 90 valence electrons. The lowest BCUT2D eigenvalue weighted by Gasteiger charge is -2.12. The van der Waals surface area contributed by atoms with E-state index in [9.17, 15) is 12.8 Å². The first-order valence-electron chi connectivity index (χ1n) is 4.72. The van der Waals surface area contributed by atoms with Crippen LogP contribution in [0.4, 0.5) is 4.39 Å². The van der Waals surface area contributed by atoms with Gasteiger partial charge in [-0.1, -0.05) is 0 Å². The Labute approximate surface area is 94.5 Å². The van der Waals surface area contributed by atoms with Gasteiger partial charge in [0.05, 0.1) is 11.5 Å². The summed E-state index contributed by atoms with van der Waals surface area (Å²) in [6.45, 7) is 1.96. The number of sulfonamides is 1. The molecule has 0 saturated heterocycles. The highest BCUT2D eigenvalue weighted by molar-refractivity contribution is 7.89. The standard InChI is InChI=1S/C10H14FNO3S/c1-8(7-15-2)12-16(13,14)10-5-3-9(11)4-6-10/h3-6,8,12H,7H2,1-2H3/t8-/m0/s1. The van der Waals surface area contributed by atoms with Gasteiger partial charge in [-0.15, -0.1) is 0 Å². The molecule has 0 bridgehead atoms. The second kappa shape index (κ2) is 5.38. The number of hydrogen-bond acceptors (Lipinski definition) is 3. The number of rotatable bonds is 5. The quantitative estimate of drug-likeness (QED) is 0.849. The summed E-state index contributed by atoms with van der Waals surface area (Å²) in [5, 5.41) is 0. The van der Waals surface area contributed by atoms with E-state index in [1.807, 2.05) is 0 Å². The first-order chi connectivity index (χ1) is 7.45. The molecule has 16 heavy (non-hydrogen) atoms. The van der Waals surface area contributed by atoms with Gasteiger partial charge in [-0.2, -0.15) is 0 Å². The average Bonchev–Trinajstić information content (AvgIpc) is 2.17. The molecule has 1 aromatic carbocycles. The molecule has 0 aliphatic rings. The van der Waals surface area contributed by atoms with Crippen molar-refractivity contribution >= 4 is 10.0 Å². The fraction of sp³-hybridized carbons (Fsp3) is 0.400. The van der Waals surface area contributed by atoms with E-state index in [1.165, 1.54) is 19.2 Å². The molecular formula is C10H14FNO3S. The van der Waals surface area contributed by atoms with E-state index >= 15 is 0 Å². The Kier molecular flexibility index (Phi) is 4.40. The number of nitrogens with one attached hydrogen (secondary N) is 1. The Morgan fingerprint density at radius 1 is 1.38 bits per heavy atom. The van der Waals surface area contributed by atoms with Crippen molar-refractivity contribution in [3.63, 3.8) is 0 Å². The van der Waals surface area contributed by atoms with Crippen molar-refractivity contribution in [3.05, 3.63) is 30.1 Å². The predicted molar refractivity (Wildman–Crippen MR) is 58.1 cm³/mol. The maximum atomic E-state index is 12.6. The molecule has 1 N–H and O–H groups in total. The third-order valence-corrected chi connectivity index (χ3v) is 3.50. The molecule has 0 fully saturated rings. The Hall–Kier alpha value is -0.980. The van der Waals surface area contributed by atoms with Gasteiger partial charge in [-0.3, -0.25) is 0 Å². The van der Waals surface area contributed by atoms with Crippen LogP contribution in [0.1, 0.15) is 6.92 Å². The highest BCUT2D eigenvalue weighted by Crippen LogP contribution is 2.10. The zero-order chi connectivity index (χ0) is 12.2. The lowest BCUT2D eigenvalue weighted by Crippen LogP contribution is -2.35. The second-order valence-electron chi connectivity index (χ2n) is 3.43. The van der Waals surface area contributed by atoms with Crippen molar-refractivity contribution in [2.75, 3.05) is 13.7 Å². The Morgan fingerprint density at radius 2 is 1.94 bits per heavy atom. The molecule has 4 nitrogen and oxygen atoms in total. The fourth-order valence-electron chi connectivity index (χ4n) is 1.23. The molecule has 6 heteroatoms. The van der Waals surface area contributed by atoms with Gasteiger partial charge in [-0.05, 0) is 31.2 Å². The zero-order valence-electron chi connectivity index (χ0n) is 9.10. The fourth-order valence-corrected chi connectivity index (χ4v) is 2.46. The molecular weight excluding hydrogens is 233 g/mol. The predicted octanol–water partition coefficient (Wildman–Crippen LogP) is 1.14. The maximum Gasteiger partial charge on any atom is 0.240 e. The first-order valence-corrected chi connectivity index (χ1v) is 6.21. The summed E-state index contributed by atoms with van der Waals surface area (Å²) in [5.74, 6) is -0.469. The Bertz CT molecular complexity index is 430. The molecule has 1 aromatic rings. The normalized spacial score (nSPS) is 13.7. The van der Waals surface area contributed by atoms with Gasteiger partial charge in [0.25, 0.3) is 0 Å². The van der Waals surface area contributed by atoms with Crippen LogP contribution in [-0.4, -0.2) is 28.2 Å². The minimum Gasteiger partial charge on any atom is -0.383 e. The average molecular weight is 247 g/mol. The summed E-state index contributed by atoms with van der Waals surface area (Å²) in [5.41, 5.74) is 0. The smallest absolute Gasteiger partial charge is 0.240 e. The Balaban J connectivity index is 2.82. The van der Waals surface area contributed by atoms with Crippen molar-refractivity contribution in [2.45, 2.75) is 17.9 Å². The van der Waals surface area contributed by atoms with Crippen LogP contribution in [0.3, 0.4) is 0 Å². The zero-order valence-corrected chi connectivity index (χ0v) is 9.92. The van der Waals surface area contributed by atoms with Crippen molar-refractivity contribution in [2.24, 2.45) is 0 Å². The van der Waals surface area contributed by atoms with Crippen LogP contribution in [0, 0.1) is 5.82 Å². The molecule has 0 aliphatic carbocycles. The SMILES string of the molecule is COC[C@H](C)NS(=O)(=O)c1ccc(F)cc1. The van der Waals surface area contributed by atoms with Gasteiger partial charge >= 0.3 is 0 Å². The molecule has 1 atom stereocenters. The third kappa shape index (κ3) is 3.55. The highest BCUT2D eigenvalue weighted by atomic mass is 32.2. The number of ether oxygens (including phenoxy) is 1. The molecule has 0 heterocycles. The summed E-state index contributed by atoms with van der Waals surface area (Å²) in [6.07, 6.45) is 0. The van der Waals surface area contributed by atoms with Crippen LogP contribution < -0.4 is 4.72 Å². The number of methoxy groups -OCH3 is 1. The molecule has 0 spiro atoms. The molecule has 0 aromatic heterocycles. The highest BCUT2D eigenvalue weighted by Gasteiger charge is 2.16. The minimum absolute atomic E-state index is 0.0388. The van der Waals surface area contributed by atoms with Gasteiger partial charge < -0.3 is 4.74 Å². The monoisotopic (exact) mass is 247 g/mol. The van der Waals surface area contributed by atoms with E-state index in [2.05, 4.69) is 4.72 Å². The van der Waals surface area contributed by atoms with E-state index in [0.717, 1.165) is 12.1 Å². The molecule has 0 saturated carbocycles. The van der Waals surface area contributed by atoms with Gasteiger partial charge in [-0.25, -0.2) is 17.5 Å². The topological polar surface area (TPSA) is 55.4 Å². The van der Waals surface area contributed by atoms with E-state index in [0.29, 0.717) is 0 Å². The van der Waals surface area contributed by atoms with Crippen LogP contribution in [0.2, 0.25) is 0 Å². The number of benzene rings is 1. The molecule has 0 unspecified atom stereocenters. The lowest BCUT2D eigenvalue weighted by atomic mass is 10.4. The number of hydrogen-bond donors (Lipinski definition) is 1. The van der Waals surface area contributed by atoms with Crippen molar-refractivity contribution in [1.29, 1.82) is 0 Å². The minimum atomic E-state index is -3.60. The molecule has 0 radical (unpaired) electrons. The van der Waals surface area contributed by atoms with E-state index in [-0.39, 0.29) is 17.5 Å². The van der Waals surface area contributed by atoms with Gasteiger partial charge in [0.2, 0.25) is 10.0 Å². The van der Waals surface area contributed by atoms with E-state index < -0.39 is 15.8 Å². The van der Waals surface area contributed by atoms with Crippen molar-refractivity contribution in [3.8, 4) is 0 Å². The summed E-state index contributed by atoms with van der Waals surface area (Å²) >= 11 is 0. The van der Waals surface area contributed by atoms with Crippen LogP contribution in [0.15, 0.2) is 29.2 Å². The first kappa shape index (κ1) is 13.1. The van der Waals surface area contributed by atoms with Crippen molar-refractivity contribution < 1.29 is 17.5 Å². The summed E-state index contributed by atoms with van der Waals surface area (Å²) in [6, 6.07) is 4.32. The lowest BCUT2D eigenvalue weighted by molar-refractivity contribution is 0.180. The van der Waals surface area contributed by atoms with E-state index in [1.54, 1.807) is 6.92 Å². The van der Waals surface area contributed by atoms with Crippen LogP contribution in [0.25, 0.3) is 0 Å². The maximum absolute atomic E-state index is 12.6. The molecule has 1 rings (SSSR count). The summed E-state index contributed by atoms with van der Waals surface area (Å²) in [7, 11) is -2.11. The summed E-state index contributed by atoms with van der Waals surface area (Å²) < 4.78 is 43.3. The van der Waals surface area contributed by atoms with Crippen molar-refractivity contribution in [1.82, 2.24) is 4.72 Å².